The highest BCUT2D eigenvalue weighted by Crippen LogP contribution is 2.12. The number of allylic oxidation sites excluding steroid dienone is 2. The van der Waals surface area contributed by atoms with Crippen molar-refractivity contribution < 1.29 is 14.6 Å². The fourth-order valence-electron chi connectivity index (χ4n) is 1.54. The normalized spacial score (nSPS) is 13.6. The maximum absolute atomic E-state index is 11.4. The predicted octanol–water partition coefficient (Wildman–Crippen LogP) is 2.43. The second kappa shape index (κ2) is 7.45. The summed E-state index contributed by atoms with van der Waals surface area (Å²) < 4.78 is 4.63. The highest BCUT2D eigenvalue weighted by atomic mass is 16.5. The van der Waals surface area contributed by atoms with Crippen LogP contribution in [0.15, 0.2) is 48.1 Å². The Morgan fingerprint density at radius 2 is 2.06 bits per heavy atom. The molecule has 1 rings (SSSR count). The van der Waals surface area contributed by atoms with Gasteiger partial charge in [-0.2, -0.15) is 0 Å². The van der Waals surface area contributed by atoms with Gasteiger partial charge in [0.2, 0.25) is 0 Å². The van der Waals surface area contributed by atoms with Gasteiger partial charge >= 0.3 is 5.97 Å². The minimum absolute atomic E-state index is 0.242. The molecule has 0 aromatic heterocycles. The zero-order valence-corrected chi connectivity index (χ0v) is 10.7. The largest absolute Gasteiger partial charge is 0.468 e. The Labute approximate surface area is 107 Å². The van der Waals surface area contributed by atoms with Crippen molar-refractivity contribution in [2.75, 3.05) is 13.7 Å². The van der Waals surface area contributed by atoms with E-state index in [9.17, 15) is 4.79 Å². The van der Waals surface area contributed by atoms with Crippen LogP contribution in [0.5, 0.6) is 0 Å². The van der Waals surface area contributed by atoms with E-state index in [4.69, 9.17) is 5.11 Å². The molecule has 18 heavy (non-hydrogen) atoms. The number of aliphatic hydroxyl groups excluding tert-OH is 1. The highest BCUT2D eigenvalue weighted by Gasteiger charge is 2.19. The smallest absolute Gasteiger partial charge is 0.315 e. The van der Waals surface area contributed by atoms with Crippen LogP contribution < -0.4 is 0 Å². The number of ether oxygens (including phenoxy) is 1. The van der Waals surface area contributed by atoms with Crippen molar-refractivity contribution >= 4 is 12.0 Å². The molecule has 0 saturated heterocycles. The molecular weight excluding hydrogens is 228 g/mol. The molecule has 0 unspecified atom stereocenters. The lowest BCUT2D eigenvalue weighted by molar-refractivity contribution is -0.145. The minimum Gasteiger partial charge on any atom is -0.468 e. The number of esters is 1. The van der Waals surface area contributed by atoms with E-state index in [0.29, 0.717) is 0 Å². The molecule has 0 radical (unpaired) electrons. The number of hydrogen-bond donors (Lipinski definition) is 1. The number of carbonyl (C=O) groups is 1. The van der Waals surface area contributed by atoms with Crippen molar-refractivity contribution in [3.05, 3.63) is 53.6 Å². The Hall–Kier alpha value is -1.87. The van der Waals surface area contributed by atoms with Gasteiger partial charge in [-0.1, -0.05) is 54.1 Å². The second-order valence-electron chi connectivity index (χ2n) is 3.94. The van der Waals surface area contributed by atoms with Crippen LogP contribution in [-0.4, -0.2) is 24.8 Å². The summed E-state index contributed by atoms with van der Waals surface area (Å²) in [6, 6.07) is 9.85. The molecule has 0 aliphatic heterocycles. The zero-order chi connectivity index (χ0) is 13.4. The molecule has 0 fully saturated rings. The molecule has 0 aliphatic carbocycles. The quantitative estimate of drug-likeness (QED) is 0.641. The number of hydrogen-bond acceptors (Lipinski definition) is 3. The van der Waals surface area contributed by atoms with E-state index in [1.165, 1.54) is 7.11 Å². The Morgan fingerprint density at radius 3 is 2.61 bits per heavy atom. The molecule has 0 bridgehead atoms. The van der Waals surface area contributed by atoms with E-state index in [1.54, 1.807) is 6.92 Å². The lowest BCUT2D eigenvalue weighted by Gasteiger charge is -2.11. The number of aliphatic hydroxyl groups is 1. The van der Waals surface area contributed by atoms with Crippen molar-refractivity contribution in [1.29, 1.82) is 0 Å². The highest BCUT2D eigenvalue weighted by molar-refractivity contribution is 5.75. The zero-order valence-electron chi connectivity index (χ0n) is 10.7. The molecule has 3 nitrogen and oxygen atoms in total. The summed E-state index contributed by atoms with van der Waals surface area (Å²) in [5.41, 5.74) is 1.86. The van der Waals surface area contributed by atoms with E-state index in [2.05, 4.69) is 4.74 Å². The lowest BCUT2D eigenvalue weighted by atomic mass is 10.0. The predicted molar refractivity (Wildman–Crippen MR) is 71.8 cm³/mol. The average molecular weight is 246 g/mol. The second-order valence-corrected chi connectivity index (χ2v) is 3.94. The molecule has 1 aromatic carbocycles. The van der Waals surface area contributed by atoms with Crippen molar-refractivity contribution in [2.24, 2.45) is 5.92 Å². The molecule has 0 spiro atoms. The van der Waals surface area contributed by atoms with Crippen LogP contribution in [0.25, 0.3) is 6.08 Å². The first kappa shape index (κ1) is 14.2. The van der Waals surface area contributed by atoms with Gasteiger partial charge in [-0.25, -0.2) is 0 Å². The van der Waals surface area contributed by atoms with Gasteiger partial charge in [-0.05, 0) is 12.5 Å². The molecule has 96 valence electrons. The Bertz CT molecular complexity index is 432. The standard InChI is InChI=1S/C15H18O3/c1-12(14(11-16)15(17)18-2)7-6-10-13-8-4-3-5-9-13/h3-10,14,16H,11H2,1-2H3/b10-6+,12-7-/t14-/m0/s1. The van der Waals surface area contributed by atoms with Gasteiger partial charge in [-0.3, -0.25) is 4.79 Å². The van der Waals surface area contributed by atoms with Gasteiger partial charge in [0.05, 0.1) is 13.7 Å². The van der Waals surface area contributed by atoms with Crippen LogP contribution in [0.1, 0.15) is 12.5 Å². The van der Waals surface area contributed by atoms with Crippen LogP contribution in [0, 0.1) is 5.92 Å². The SMILES string of the molecule is COC(=O)[C@@H](CO)/C(C)=C\C=C\c1ccccc1. The summed E-state index contributed by atoms with van der Waals surface area (Å²) >= 11 is 0. The third kappa shape index (κ3) is 4.18. The van der Waals surface area contributed by atoms with E-state index in [-0.39, 0.29) is 6.61 Å². The van der Waals surface area contributed by atoms with Crippen LogP contribution in [-0.2, 0) is 9.53 Å². The monoisotopic (exact) mass is 246 g/mol. The fourth-order valence-corrected chi connectivity index (χ4v) is 1.54. The van der Waals surface area contributed by atoms with Gasteiger partial charge in [0.25, 0.3) is 0 Å². The molecule has 1 aromatic rings. The first-order chi connectivity index (χ1) is 8.69. The first-order valence-corrected chi connectivity index (χ1v) is 5.77. The molecule has 0 heterocycles. The van der Waals surface area contributed by atoms with Crippen LogP contribution in [0.2, 0.25) is 0 Å². The summed E-state index contributed by atoms with van der Waals surface area (Å²) in [5, 5.41) is 9.15. The number of methoxy groups -OCH3 is 1. The van der Waals surface area contributed by atoms with Crippen LogP contribution in [0.3, 0.4) is 0 Å². The van der Waals surface area contributed by atoms with E-state index < -0.39 is 11.9 Å². The van der Waals surface area contributed by atoms with Crippen LogP contribution in [0.4, 0.5) is 0 Å². The van der Waals surface area contributed by atoms with Crippen molar-refractivity contribution in [3.63, 3.8) is 0 Å². The van der Waals surface area contributed by atoms with Gasteiger partial charge in [-0.15, -0.1) is 0 Å². The van der Waals surface area contributed by atoms with Crippen molar-refractivity contribution in [3.8, 4) is 0 Å². The van der Waals surface area contributed by atoms with E-state index >= 15 is 0 Å². The average Bonchev–Trinajstić information content (AvgIpc) is 2.40. The topological polar surface area (TPSA) is 46.5 Å². The Morgan fingerprint density at radius 1 is 1.39 bits per heavy atom. The van der Waals surface area contributed by atoms with E-state index in [1.807, 2.05) is 48.6 Å². The number of benzene rings is 1. The Balaban J connectivity index is 2.71. The molecule has 3 heteroatoms. The minimum atomic E-state index is -0.588. The molecule has 0 saturated carbocycles. The third-order valence-electron chi connectivity index (χ3n) is 2.67. The third-order valence-corrected chi connectivity index (χ3v) is 2.67. The fraction of sp³-hybridized carbons (Fsp3) is 0.267. The molecule has 1 atom stereocenters. The van der Waals surface area contributed by atoms with Crippen molar-refractivity contribution in [1.82, 2.24) is 0 Å². The summed E-state index contributed by atoms with van der Waals surface area (Å²) in [5.74, 6) is -1.00. The van der Waals surface area contributed by atoms with Gasteiger partial charge < -0.3 is 9.84 Å². The lowest BCUT2D eigenvalue weighted by Crippen LogP contribution is -2.20. The van der Waals surface area contributed by atoms with Gasteiger partial charge in [0, 0.05) is 0 Å². The molecule has 1 N–H and O–H groups in total. The number of rotatable bonds is 5. The summed E-state index contributed by atoms with van der Waals surface area (Å²) in [7, 11) is 1.32. The Kier molecular flexibility index (Phi) is 5.88. The molecular formula is C15H18O3. The maximum Gasteiger partial charge on any atom is 0.315 e. The summed E-state index contributed by atoms with van der Waals surface area (Å²) in [4.78, 5) is 11.4. The molecule has 0 aliphatic rings. The van der Waals surface area contributed by atoms with E-state index in [0.717, 1.165) is 11.1 Å². The van der Waals surface area contributed by atoms with Gasteiger partial charge in [0.15, 0.2) is 0 Å². The summed E-state index contributed by atoms with van der Waals surface area (Å²) in [6.45, 7) is 1.56. The number of carbonyl (C=O) groups excluding carboxylic acids is 1. The maximum atomic E-state index is 11.4. The van der Waals surface area contributed by atoms with Gasteiger partial charge in [0.1, 0.15) is 5.92 Å². The van der Waals surface area contributed by atoms with Crippen LogP contribution >= 0.6 is 0 Å². The summed E-state index contributed by atoms with van der Waals surface area (Å²) in [6.07, 6.45) is 5.61. The molecule has 0 amide bonds. The first-order valence-electron chi connectivity index (χ1n) is 5.77. The van der Waals surface area contributed by atoms with Crippen molar-refractivity contribution in [2.45, 2.75) is 6.92 Å².